The molecular weight excluding hydrogens is 286 g/mol. The molecule has 0 radical (unpaired) electrons. The number of aromatic nitrogens is 5. The number of hydrogen-bond acceptors (Lipinski definition) is 7. The van der Waals surface area contributed by atoms with Crippen molar-refractivity contribution in [3.05, 3.63) is 28.7 Å². The van der Waals surface area contributed by atoms with Gasteiger partial charge < -0.3 is 11.1 Å². The highest BCUT2D eigenvalue weighted by Gasteiger charge is 2.11. The third kappa shape index (κ3) is 2.80. The molecule has 0 fully saturated rings. The summed E-state index contributed by atoms with van der Waals surface area (Å²) in [6, 6.07) is 0. The molecule has 0 amide bonds. The Bertz CT molecular complexity index is 761. The molecular formula is C13H17N7S. The predicted octanol–water partition coefficient (Wildman–Crippen LogP) is 1.82. The molecule has 7 nitrogen and oxygen atoms in total. The topological polar surface area (TPSA) is 94.0 Å². The van der Waals surface area contributed by atoms with Crippen LogP contribution >= 0.6 is 11.3 Å². The summed E-state index contributed by atoms with van der Waals surface area (Å²) in [6.07, 6.45) is 3.50. The first-order valence-corrected chi connectivity index (χ1v) is 7.64. The second-order valence-electron chi connectivity index (χ2n) is 4.89. The van der Waals surface area contributed by atoms with Gasteiger partial charge in [0.05, 0.1) is 17.1 Å². The van der Waals surface area contributed by atoms with Gasteiger partial charge in [-0.05, 0) is 32.3 Å². The van der Waals surface area contributed by atoms with Crippen LogP contribution in [0.2, 0.25) is 0 Å². The van der Waals surface area contributed by atoms with Gasteiger partial charge in [0.25, 0.3) is 0 Å². The van der Waals surface area contributed by atoms with E-state index in [9.17, 15) is 0 Å². The highest BCUT2D eigenvalue weighted by atomic mass is 32.1. The smallest absolute Gasteiger partial charge is 0.200 e. The molecule has 0 aliphatic carbocycles. The molecule has 8 heteroatoms. The molecule has 3 N–H and O–H groups in total. The van der Waals surface area contributed by atoms with Crippen LogP contribution in [-0.4, -0.2) is 31.3 Å². The molecule has 3 heterocycles. The van der Waals surface area contributed by atoms with Crippen molar-refractivity contribution >= 4 is 27.8 Å². The van der Waals surface area contributed by atoms with Gasteiger partial charge in [0.1, 0.15) is 6.33 Å². The van der Waals surface area contributed by atoms with E-state index in [1.54, 1.807) is 10.8 Å². The van der Waals surface area contributed by atoms with E-state index < -0.39 is 0 Å². The first kappa shape index (κ1) is 13.7. The van der Waals surface area contributed by atoms with Gasteiger partial charge in [-0.25, -0.2) is 4.98 Å². The van der Waals surface area contributed by atoms with Gasteiger partial charge in [-0.2, -0.15) is 9.61 Å². The van der Waals surface area contributed by atoms with Crippen LogP contribution in [0.5, 0.6) is 0 Å². The Balaban J connectivity index is 1.67. The van der Waals surface area contributed by atoms with Crippen LogP contribution in [0, 0.1) is 13.8 Å². The van der Waals surface area contributed by atoms with Gasteiger partial charge in [0, 0.05) is 11.9 Å². The van der Waals surface area contributed by atoms with E-state index in [1.807, 2.05) is 19.2 Å². The van der Waals surface area contributed by atoms with Crippen LogP contribution in [0.4, 0.5) is 10.8 Å². The van der Waals surface area contributed by atoms with Crippen LogP contribution in [0.3, 0.4) is 0 Å². The average molecular weight is 303 g/mol. The van der Waals surface area contributed by atoms with E-state index in [4.69, 9.17) is 5.73 Å². The number of aryl methyl sites for hydroxylation is 2. The lowest BCUT2D eigenvalue weighted by molar-refractivity contribution is 0.836. The van der Waals surface area contributed by atoms with Crippen molar-refractivity contribution in [3.63, 3.8) is 0 Å². The molecule has 0 atom stereocenters. The first-order valence-electron chi connectivity index (χ1n) is 6.76. The van der Waals surface area contributed by atoms with Crippen LogP contribution in [-0.2, 0) is 6.42 Å². The summed E-state index contributed by atoms with van der Waals surface area (Å²) in [7, 11) is 0. The van der Waals surface area contributed by atoms with Gasteiger partial charge in [0.15, 0.2) is 5.13 Å². The lowest BCUT2D eigenvalue weighted by atomic mass is 10.2. The Morgan fingerprint density at radius 3 is 3.00 bits per heavy atom. The monoisotopic (exact) mass is 303 g/mol. The molecule has 0 unspecified atom stereocenters. The number of nitrogens with two attached hydrogens (primary N) is 1. The zero-order valence-electron chi connectivity index (χ0n) is 12.0. The molecule has 3 aromatic heterocycles. The molecule has 3 rings (SSSR count). The number of nitrogens with zero attached hydrogens (tertiary/aromatic N) is 5. The Morgan fingerprint density at radius 1 is 1.38 bits per heavy atom. The fraction of sp³-hybridized carbons (Fsp3) is 0.385. The Labute approximate surface area is 126 Å². The summed E-state index contributed by atoms with van der Waals surface area (Å²) in [5.41, 5.74) is 10.5. The molecule has 0 aliphatic rings. The standard InChI is InChI=1S/C13H17N7S/c1-8-9(2)19-20-7-16-18-12(20)11(8)15-5-3-4-10-6-21-13(14)17-10/h6-7,15H,3-5H2,1-2H3,(H2,14,17). The minimum atomic E-state index is 0.628. The van der Waals surface area contributed by atoms with Gasteiger partial charge in [-0.1, -0.05) is 0 Å². The molecule has 0 aliphatic heterocycles. The Morgan fingerprint density at radius 2 is 2.24 bits per heavy atom. The maximum atomic E-state index is 5.63. The van der Waals surface area contributed by atoms with E-state index in [1.165, 1.54) is 11.3 Å². The predicted molar refractivity (Wildman–Crippen MR) is 83.6 cm³/mol. The summed E-state index contributed by atoms with van der Waals surface area (Å²) < 4.78 is 1.70. The number of nitrogen functional groups attached to an aromatic ring is 1. The summed E-state index contributed by atoms with van der Waals surface area (Å²) in [6.45, 7) is 4.86. The van der Waals surface area contributed by atoms with Crippen LogP contribution < -0.4 is 11.1 Å². The van der Waals surface area contributed by atoms with E-state index >= 15 is 0 Å². The normalized spacial score (nSPS) is 11.1. The van der Waals surface area contributed by atoms with Crippen molar-refractivity contribution in [2.75, 3.05) is 17.6 Å². The Kier molecular flexibility index (Phi) is 3.70. The number of rotatable bonds is 5. The highest BCUT2D eigenvalue weighted by molar-refractivity contribution is 7.13. The van der Waals surface area contributed by atoms with E-state index in [-0.39, 0.29) is 0 Å². The van der Waals surface area contributed by atoms with E-state index in [2.05, 4.69) is 25.6 Å². The minimum absolute atomic E-state index is 0.628. The maximum absolute atomic E-state index is 5.63. The van der Waals surface area contributed by atoms with Gasteiger partial charge in [-0.3, -0.25) is 0 Å². The number of thiazole rings is 1. The average Bonchev–Trinajstić information content (AvgIpc) is 3.07. The third-order valence-electron chi connectivity index (χ3n) is 3.41. The van der Waals surface area contributed by atoms with Crippen molar-refractivity contribution in [1.82, 2.24) is 24.8 Å². The zero-order chi connectivity index (χ0) is 14.8. The Hall–Kier alpha value is -2.22. The molecule has 0 bridgehead atoms. The zero-order valence-corrected chi connectivity index (χ0v) is 12.8. The molecule has 0 saturated carbocycles. The van der Waals surface area contributed by atoms with Crippen molar-refractivity contribution in [1.29, 1.82) is 0 Å². The van der Waals surface area contributed by atoms with Gasteiger partial charge >= 0.3 is 0 Å². The van der Waals surface area contributed by atoms with Crippen LogP contribution in [0.15, 0.2) is 11.7 Å². The number of fused-ring (bicyclic) bond motifs is 1. The summed E-state index contributed by atoms with van der Waals surface area (Å²) >= 11 is 1.48. The van der Waals surface area contributed by atoms with Crippen LogP contribution in [0.1, 0.15) is 23.4 Å². The molecule has 0 aromatic carbocycles. The highest BCUT2D eigenvalue weighted by Crippen LogP contribution is 2.21. The lowest BCUT2D eigenvalue weighted by Crippen LogP contribution is -2.09. The third-order valence-corrected chi connectivity index (χ3v) is 4.13. The van der Waals surface area contributed by atoms with Crippen molar-refractivity contribution in [3.8, 4) is 0 Å². The summed E-state index contributed by atoms with van der Waals surface area (Å²) in [5.74, 6) is 0. The summed E-state index contributed by atoms with van der Waals surface area (Å²) in [5, 5.41) is 18.5. The van der Waals surface area contributed by atoms with Gasteiger partial charge in [-0.15, -0.1) is 21.5 Å². The molecule has 3 aromatic rings. The van der Waals surface area contributed by atoms with Crippen molar-refractivity contribution < 1.29 is 0 Å². The van der Waals surface area contributed by atoms with Crippen LogP contribution in [0.25, 0.3) is 5.65 Å². The SMILES string of the molecule is Cc1nn2cnnc2c(NCCCc2csc(N)n2)c1C. The summed E-state index contributed by atoms with van der Waals surface area (Å²) in [4.78, 5) is 4.26. The fourth-order valence-electron chi connectivity index (χ4n) is 2.18. The molecule has 0 saturated heterocycles. The second kappa shape index (κ2) is 5.65. The van der Waals surface area contributed by atoms with Gasteiger partial charge in [0.2, 0.25) is 5.65 Å². The number of nitrogens with one attached hydrogen (secondary N) is 1. The number of hydrogen-bond donors (Lipinski definition) is 2. The maximum Gasteiger partial charge on any atom is 0.200 e. The van der Waals surface area contributed by atoms with E-state index in [0.717, 1.165) is 47.7 Å². The minimum Gasteiger partial charge on any atom is -0.382 e. The lowest BCUT2D eigenvalue weighted by Gasteiger charge is -2.11. The van der Waals surface area contributed by atoms with E-state index in [0.29, 0.717) is 5.13 Å². The quantitative estimate of drug-likeness (QED) is 0.698. The number of anilines is 2. The molecule has 21 heavy (non-hydrogen) atoms. The first-order chi connectivity index (χ1) is 10.1. The molecule has 0 spiro atoms. The largest absolute Gasteiger partial charge is 0.382 e. The van der Waals surface area contributed by atoms with Crippen molar-refractivity contribution in [2.45, 2.75) is 26.7 Å². The molecule has 110 valence electrons. The fourth-order valence-corrected chi connectivity index (χ4v) is 2.78. The second-order valence-corrected chi connectivity index (χ2v) is 5.78. The van der Waals surface area contributed by atoms with Crippen molar-refractivity contribution in [2.24, 2.45) is 0 Å².